The highest BCUT2D eigenvalue weighted by Crippen LogP contribution is 2.31. The Labute approximate surface area is 93.0 Å². The van der Waals surface area contributed by atoms with Gasteiger partial charge in [0.15, 0.2) is 0 Å². The van der Waals surface area contributed by atoms with E-state index in [1.807, 2.05) is 11.8 Å². The van der Waals surface area contributed by atoms with Crippen molar-refractivity contribution < 1.29 is 0 Å². The van der Waals surface area contributed by atoms with Crippen LogP contribution < -0.4 is 11.3 Å². The summed E-state index contributed by atoms with van der Waals surface area (Å²) in [5.74, 6) is 2.91. The summed E-state index contributed by atoms with van der Waals surface area (Å²) < 4.78 is 0. The van der Waals surface area contributed by atoms with Gasteiger partial charge in [0.25, 0.3) is 5.56 Å². The molecular weight excluding hydrogens is 210 g/mol. The molecule has 84 valence electrons. The molecule has 0 amide bonds. The normalized spacial score (nSPS) is 18.2. The number of hydrogen-bond acceptors (Lipinski definition) is 3. The van der Waals surface area contributed by atoms with E-state index in [4.69, 9.17) is 5.73 Å². The highest BCUT2D eigenvalue weighted by molar-refractivity contribution is 7.99. The first-order valence-corrected chi connectivity index (χ1v) is 6.55. The van der Waals surface area contributed by atoms with Crippen LogP contribution in [0.5, 0.6) is 0 Å². The van der Waals surface area contributed by atoms with E-state index in [9.17, 15) is 4.79 Å². The lowest BCUT2D eigenvalue weighted by molar-refractivity contribution is 0.610. The SMILES string of the molecule is NCCc1c(C2CCSCC2)[nH][nH]c1=O. The minimum absolute atomic E-state index is 0.00803. The van der Waals surface area contributed by atoms with Gasteiger partial charge in [0.05, 0.1) is 0 Å². The quantitative estimate of drug-likeness (QED) is 0.715. The maximum absolute atomic E-state index is 11.5. The summed E-state index contributed by atoms with van der Waals surface area (Å²) in [7, 11) is 0. The summed E-state index contributed by atoms with van der Waals surface area (Å²) in [4.78, 5) is 11.5. The predicted octanol–water partition coefficient (Wildman–Crippen LogP) is 0.815. The molecule has 1 aromatic heterocycles. The van der Waals surface area contributed by atoms with Gasteiger partial charge in [0.2, 0.25) is 0 Å². The van der Waals surface area contributed by atoms with Crippen molar-refractivity contribution in [3.05, 3.63) is 21.6 Å². The van der Waals surface area contributed by atoms with Gasteiger partial charge in [-0.3, -0.25) is 9.89 Å². The van der Waals surface area contributed by atoms with Crippen LogP contribution in [0.25, 0.3) is 0 Å². The van der Waals surface area contributed by atoms with Crippen LogP contribution in [0.1, 0.15) is 30.0 Å². The van der Waals surface area contributed by atoms with Gasteiger partial charge >= 0.3 is 0 Å². The zero-order valence-electron chi connectivity index (χ0n) is 8.71. The molecule has 1 fully saturated rings. The average molecular weight is 227 g/mol. The maximum atomic E-state index is 11.5. The fourth-order valence-corrected chi connectivity index (χ4v) is 3.23. The van der Waals surface area contributed by atoms with Crippen LogP contribution in [0.15, 0.2) is 4.79 Å². The van der Waals surface area contributed by atoms with Gasteiger partial charge in [-0.2, -0.15) is 11.8 Å². The van der Waals surface area contributed by atoms with Gasteiger partial charge in [0, 0.05) is 17.2 Å². The summed E-state index contributed by atoms with van der Waals surface area (Å²) >= 11 is 1.99. The summed E-state index contributed by atoms with van der Waals surface area (Å²) in [5.41, 5.74) is 7.50. The molecule has 0 aliphatic carbocycles. The van der Waals surface area contributed by atoms with E-state index in [1.54, 1.807) is 0 Å². The molecule has 2 rings (SSSR count). The fourth-order valence-electron chi connectivity index (χ4n) is 2.12. The minimum Gasteiger partial charge on any atom is -0.330 e. The van der Waals surface area contributed by atoms with Gasteiger partial charge in [-0.1, -0.05) is 0 Å². The molecule has 0 bridgehead atoms. The fraction of sp³-hybridized carbons (Fsp3) is 0.700. The van der Waals surface area contributed by atoms with E-state index in [0.717, 1.165) is 24.1 Å². The molecule has 0 spiro atoms. The molecule has 1 aliphatic rings. The second-order valence-electron chi connectivity index (χ2n) is 3.90. The van der Waals surface area contributed by atoms with E-state index in [-0.39, 0.29) is 5.56 Å². The van der Waals surface area contributed by atoms with Crippen molar-refractivity contribution in [3.8, 4) is 0 Å². The predicted molar refractivity (Wildman–Crippen MR) is 63.5 cm³/mol. The summed E-state index contributed by atoms with van der Waals surface area (Å²) in [6, 6.07) is 0. The molecule has 0 atom stereocenters. The number of H-pyrrole nitrogens is 2. The molecule has 1 aliphatic heterocycles. The lowest BCUT2D eigenvalue weighted by atomic mass is 9.95. The van der Waals surface area contributed by atoms with Crippen LogP contribution >= 0.6 is 11.8 Å². The zero-order chi connectivity index (χ0) is 10.7. The number of aromatic nitrogens is 2. The van der Waals surface area contributed by atoms with Crippen LogP contribution in [-0.2, 0) is 6.42 Å². The third kappa shape index (κ3) is 2.29. The molecule has 1 aromatic rings. The number of rotatable bonds is 3. The van der Waals surface area contributed by atoms with Gasteiger partial charge in [-0.05, 0) is 37.3 Å². The van der Waals surface area contributed by atoms with Crippen LogP contribution in [0.4, 0.5) is 0 Å². The number of hydrogen-bond donors (Lipinski definition) is 3. The van der Waals surface area contributed by atoms with Crippen molar-refractivity contribution in [2.24, 2.45) is 5.73 Å². The smallest absolute Gasteiger partial charge is 0.267 e. The molecule has 4 nitrogen and oxygen atoms in total. The van der Waals surface area contributed by atoms with Gasteiger partial charge in [-0.15, -0.1) is 0 Å². The van der Waals surface area contributed by atoms with Crippen molar-refractivity contribution in [2.45, 2.75) is 25.2 Å². The third-order valence-electron chi connectivity index (χ3n) is 2.93. The largest absolute Gasteiger partial charge is 0.330 e. The number of nitrogens with two attached hydrogens (primary N) is 1. The topological polar surface area (TPSA) is 74.7 Å². The lowest BCUT2D eigenvalue weighted by Gasteiger charge is -2.20. The van der Waals surface area contributed by atoms with Crippen LogP contribution in [-0.4, -0.2) is 28.2 Å². The van der Waals surface area contributed by atoms with E-state index >= 15 is 0 Å². The highest BCUT2D eigenvalue weighted by Gasteiger charge is 2.21. The van der Waals surface area contributed by atoms with Gasteiger partial charge in [0.1, 0.15) is 0 Å². The molecule has 4 N–H and O–H groups in total. The third-order valence-corrected chi connectivity index (χ3v) is 3.98. The molecule has 0 unspecified atom stereocenters. The van der Waals surface area contributed by atoms with E-state index < -0.39 is 0 Å². The Kier molecular flexibility index (Phi) is 3.53. The standard InChI is InChI=1S/C10H17N3OS/c11-4-1-8-9(12-13-10(8)14)7-2-5-15-6-3-7/h7H,1-6,11H2,(H2,12,13,14). The van der Waals surface area contributed by atoms with Crippen molar-refractivity contribution in [1.82, 2.24) is 10.2 Å². The first-order valence-electron chi connectivity index (χ1n) is 5.40. The molecule has 0 aromatic carbocycles. The molecule has 5 heteroatoms. The van der Waals surface area contributed by atoms with Crippen LogP contribution in [0, 0.1) is 0 Å². The Bertz CT molecular complexity index is 365. The molecule has 0 saturated carbocycles. The molecule has 15 heavy (non-hydrogen) atoms. The number of thioether (sulfide) groups is 1. The molecule has 1 saturated heterocycles. The van der Waals surface area contributed by atoms with Crippen molar-refractivity contribution >= 4 is 11.8 Å². The molecular formula is C10H17N3OS. The van der Waals surface area contributed by atoms with Crippen LogP contribution in [0.3, 0.4) is 0 Å². The second kappa shape index (κ2) is 4.90. The van der Waals surface area contributed by atoms with Crippen molar-refractivity contribution in [3.63, 3.8) is 0 Å². The Morgan fingerprint density at radius 3 is 2.73 bits per heavy atom. The molecule has 2 heterocycles. The monoisotopic (exact) mass is 227 g/mol. The first-order chi connectivity index (χ1) is 7.33. The number of nitrogens with one attached hydrogen (secondary N) is 2. The maximum Gasteiger partial charge on any atom is 0.267 e. The summed E-state index contributed by atoms with van der Waals surface area (Å²) in [6.07, 6.45) is 3.00. The Morgan fingerprint density at radius 2 is 2.07 bits per heavy atom. The second-order valence-corrected chi connectivity index (χ2v) is 5.12. The van der Waals surface area contributed by atoms with E-state index in [2.05, 4.69) is 10.2 Å². The lowest BCUT2D eigenvalue weighted by Crippen LogP contribution is -2.16. The van der Waals surface area contributed by atoms with Crippen LogP contribution in [0.2, 0.25) is 0 Å². The Hall–Kier alpha value is -0.680. The Balaban J connectivity index is 2.22. The van der Waals surface area contributed by atoms with Gasteiger partial charge in [-0.25, -0.2) is 0 Å². The van der Waals surface area contributed by atoms with Crippen molar-refractivity contribution in [2.75, 3.05) is 18.1 Å². The van der Waals surface area contributed by atoms with Gasteiger partial charge < -0.3 is 10.8 Å². The minimum atomic E-state index is 0.00803. The first kappa shape index (κ1) is 10.8. The number of aromatic amines is 2. The Morgan fingerprint density at radius 1 is 1.33 bits per heavy atom. The highest BCUT2D eigenvalue weighted by atomic mass is 32.2. The summed E-state index contributed by atoms with van der Waals surface area (Å²) in [6.45, 7) is 0.537. The van der Waals surface area contributed by atoms with Crippen molar-refractivity contribution in [1.29, 1.82) is 0 Å². The van der Waals surface area contributed by atoms with E-state index in [0.29, 0.717) is 18.9 Å². The zero-order valence-corrected chi connectivity index (χ0v) is 9.53. The average Bonchev–Trinajstić information content (AvgIpc) is 2.63. The summed E-state index contributed by atoms with van der Waals surface area (Å²) in [5, 5.41) is 5.70. The molecule has 0 radical (unpaired) electrons. The van der Waals surface area contributed by atoms with E-state index in [1.165, 1.54) is 11.5 Å².